The van der Waals surface area contributed by atoms with Crippen molar-refractivity contribution in [3.63, 3.8) is 0 Å². The van der Waals surface area contributed by atoms with Crippen molar-refractivity contribution in [1.29, 1.82) is 5.26 Å². The van der Waals surface area contributed by atoms with Crippen molar-refractivity contribution in [1.82, 2.24) is 24.2 Å². The lowest BCUT2D eigenvalue weighted by atomic mass is 10.2. The predicted octanol–water partition coefficient (Wildman–Crippen LogP) is 5.70. The zero-order chi connectivity index (χ0) is 31.6. The maximum atomic E-state index is 12.7. The van der Waals surface area contributed by atoms with Crippen LogP contribution in [0, 0.1) is 17.2 Å². The molecule has 2 aromatic heterocycles. The van der Waals surface area contributed by atoms with Crippen molar-refractivity contribution >= 4 is 49.4 Å². The van der Waals surface area contributed by atoms with Crippen molar-refractivity contribution in [2.75, 3.05) is 26.0 Å². The van der Waals surface area contributed by atoms with E-state index < -0.39 is 33.6 Å². The van der Waals surface area contributed by atoms with E-state index in [1.165, 1.54) is 4.67 Å². The normalized spacial score (nSPS) is 21.9. The number of halogens is 1. The molecule has 3 rings (SSSR count). The Morgan fingerprint density at radius 2 is 2.00 bits per heavy atom. The maximum absolute atomic E-state index is 12.7. The molecule has 13 nitrogen and oxygen atoms in total. The van der Waals surface area contributed by atoms with Crippen LogP contribution in [0.1, 0.15) is 60.6 Å². The van der Waals surface area contributed by atoms with Gasteiger partial charge in [-0.05, 0) is 50.4 Å². The van der Waals surface area contributed by atoms with Gasteiger partial charge in [0.15, 0.2) is 19.5 Å². The number of ether oxygens (including phenoxy) is 2. The molecule has 16 heteroatoms. The van der Waals surface area contributed by atoms with Crippen LogP contribution in [0.25, 0.3) is 11.2 Å². The van der Waals surface area contributed by atoms with E-state index in [4.69, 9.17) is 34.9 Å². The lowest BCUT2D eigenvalue weighted by molar-refractivity contribution is -0.118. The minimum Gasteiger partial charge on any atom is -0.472 e. The van der Waals surface area contributed by atoms with Crippen LogP contribution in [-0.2, 0) is 23.0 Å². The first kappa shape index (κ1) is 34.4. The topological polar surface area (TPSA) is 154 Å². The molecule has 0 aliphatic carbocycles. The van der Waals surface area contributed by atoms with Gasteiger partial charge in [0.25, 0.3) is 0 Å². The average molecular weight is 644 g/mol. The van der Waals surface area contributed by atoms with Gasteiger partial charge in [-0.3, -0.25) is 19.2 Å². The van der Waals surface area contributed by atoms with Gasteiger partial charge in [-0.2, -0.15) is 15.2 Å². The molecule has 1 aliphatic heterocycles. The van der Waals surface area contributed by atoms with Crippen molar-refractivity contribution in [3.8, 4) is 11.9 Å². The summed E-state index contributed by atoms with van der Waals surface area (Å²) in [6.07, 6.45) is 0.110. The predicted molar refractivity (Wildman–Crippen MR) is 163 cm³/mol. The summed E-state index contributed by atoms with van der Waals surface area (Å²) in [4.78, 5) is 26.0. The summed E-state index contributed by atoms with van der Waals surface area (Å²) >= 11 is 6.15. The number of hydrogen-bond acceptors (Lipinski definition) is 10. The van der Waals surface area contributed by atoms with Gasteiger partial charge in [0.05, 0.1) is 31.5 Å². The Balaban J connectivity index is 2.02. The smallest absolute Gasteiger partial charge is 0.362 e. The van der Waals surface area contributed by atoms with E-state index in [2.05, 4.69) is 60.2 Å². The number of carbonyl (C=O) groups is 1. The molecule has 0 aromatic carbocycles. The monoisotopic (exact) mass is 643 g/mol. The van der Waals surface area contributed by atoms with E-state index in [0.29, 0.717) is 17.6 Å². The first-order valence-corrected chi connectivity index (χ1v) is 19.3. The molecular formula is C26H43ClN7O6PSi. The number of carbonyl (C=O) groups excluding carboxylic acids is 1. The molecule has 1 saturated heterocycles. The third kappa shape index (κ3) is 8.08. The fraction of sp³-hybridized carbons (Fsp3) is 0.731. The third-order valence-electron chi connectivity index (χ3n) is 7.46. The molecule has 2 aromatic rings. The summed E-state index contributed by atoms with van der Waals surface area (Å²) < 4.78 is 40.6. The summed E-state index contributed by atoms with van der Waals surface area (Å²) in [5, 5.41) is 11.8. The van der Waals surface area contributed by atoms with E-state index in [1.54, 1.807) is 45.8 Å². The molecule has 1 aliphatic rings. The first-order chi connectivity index (χ1) is 19.4. The zero-order valence-electron chi connectivity index (χ0n) is 26.0. The highest BCUT2D eigenvalue weighted by Crippen LogP contribution is 2.54. The van der Waals surface area contributed by atoms with E-state index >= 15 is 0 Å². The van der Waals surface area contributed by atoms with Crippen molar-refractivity contribution in [2.24, 2.45) is 5.92 Å². The number of nitriles is 1. The number of anilines is 1. The molecule has 1 unspecified atom stereocenters. The third-order valence-corrected chi connectivity index (χ3v) is 14.6. The molecule has 1 N–H and O–H groups in total. The highest BCUT2D eigenvalue weighted by Gasteiger charge is 2.46. The van der Waals surface area contributed by atoms with Crippen LogP contribution < -0.4 is 10.1 Å². The van der Waals surface area contributed by atoms with Crippen LogP contribution in [0.2, 0.25) is 18.1 Å². The van der Waals surface area contributed by atoms with Crippen molar-refractivity contribution in [2.45, 2.75) is 97.1 Å². The van der Waals surface area contributed by atoms with Gasteiger partial charge in [0, 0.05) is 12.3 Å². The first-order valence-electron chi connectivity index (χ1n) is 13.9. The molecule has 3 heterocycles. The summed E-state index contributed by atoms with van der Waals surface area (Å²) in [7, 11) is 0.924. The Hall–Kier alpha value is -2.11. The zero-order valence-corrected chi connectivity index (χ0v) is 28.7. The second-order valence-electron chi connectivity index (χ2n) is 12.5. The van der Waals surface area contributed by atoms with E-state index in [9.17, 15) is 9.36 Å². The Morgan fingerprint density at radius 3 is 2.57 bits per heavy atom. The second-order valence-corrected chi connectivity index (χ2v) is 20.5. The lowest BCUT2D eigenvalue weighted by Crippen LogP contribution is -2.46. The van der Waals surface area contributed by atoms with Gasteiger partial charge in [-0.25, -0.2) is 9.65 Å². The molecule has 0 radical (unpaired) electrons. The summed E-state index contributed by atoms with van der Waals surface area (Å²) in [6.45, 7) is 12.4. The van der Waals surface area contributed by atoms with E-state index in [-0.39, 0.29) is 47.8 Å². The molecule has 1 fully saturated rings. The largest absolute Gasteiger partial charge is 0.472 e. The number of nitrogens with one attached hydrogen (secondary N) is 1. The number of imidazole rings is 1. The molecule has 5 atom stereocenters. The van der Waals surface area contributed by atoms with Crippen LogP contribution in [0.4, 0.5) is 5.95 Å². The molecular weight excluding hydrogens is 601 g/mol. The lowest BCUT2D eigenvalue weighted by Gasteiger charge is -2.39. The molecule has 0 saturated carbocycles. The number of aromatic nitrogens is 4. The molecule has 234 valence electrons. The Bertz CT molecular complexity index is 1360. The average Bonchev–Trinajstić information content (AvgIpc) is 3.45. The number of fused-ring (bicyclic) bond motifs is 1. The van der Waals surface area contributed by atoms with Gasteiger partial charge in [-0.1, -0.05) is 34.6 Å². The van der Waals surface area contributed by atoms with Crippen LogP contribution in [0.3, 0.4) is 0 Å². The van der Waals surface area contributed by atoms with Crippen LogP contribution in [-0.4, -0.2) is 77.4 Å². The van der Waals surface area contributed by atoms with Gasteiger partial charge in [0.2, 0.25) is 17.7 Å². The number of nitrogens with zero attached hydrogens (tertiary/aromatic N) is 6. The van der Waals surface area contributed by atoms with Gasteiger partial charge in [0.1, 0.15) is 18.4 Å². The van der Waals surface area contributed by atoms with E-state index in [1.807, 2.05) is 0 Å². The molecule has 0 bridgehead atoms. The summed E-state index contributed by atoms with van der Waals surface area (Å²) in [5.74, 6) is -0.381. The van der Waals surface area contributed by atoms with Gasteiger partial charge in [-0.15, -0.1) is 0 Å². The molecule has 1 amide bonds. The minimum atomic E-state index is -3.54. The van der Waals surface area contributed by atoms with Crippen molar-refractivity contribution < 1.29 is 27.8 Å². The van der Waals surface area contributed by atoms with Gasteiger partial charge < -0.3 is 18.4 Å². The highest BCUT2D eigenvalue weighted by molar-refractivity contribution is 7.83. The number of hydrogen-bond donors (Lipinski definition) is 1. The van der Waals surface area contributed by atoms with Crippen LogP contribution in [0.5, 0.6) is 5.88 Å². The molecule has 0 spiro atoms. The SMILES string of the molecule is CC(C)C(=O)Nc1nc(O[C@H](C)CC#N)c2ncn([C@H]3C[C@H](O[Si](C)(C)C(C)(C)C)[C@@H](COP(=O)(Cl)N(C)C)O3)c2n1. The Morgan fingerprint density at radius 1 is 1.33 bits per heavy atom. The minimum absolute atomic E-state index is 0.0446. The molecule has 42 heavy (non-hydrogen) atoms. The maximum Gasteiger partial charge on any atom is 0.362 e. The van der Waals surface area contributed by atoms with E-state index in [0.717, 1.165) is 0 Å². The van der Waals surface area contributed by atoms with Crippen molar-refractivity contribution in [3.05, 3.63) is 6.33 Å². The second kappa shape index (κ2) is 13.3. The van der Waals surface area contributed by atoms with Crippen LogP contribution in [0.15, 0.2) is 6.33 Å². The Kier molecular flexibility index (Phi) is 10.9. The fourth-order valence-corrected chi connectivity index (χ4v) is 5.93. The fourth-order valence-electron chi connectivity index (χ4n) is 3.84. The number of rotatable bonds is 12. The van der Waals surface area contributed by atoms with Gasteiger partial charge >= 0.3 is 6.87 Å². The summed E-state index contributed by atoms with van der Waals surface area (Å²) in [6, 6.07) is 2.08. The quantitative estimate of drug-likeness (QED) is 0.224. The van der Waals surface area contributed by atoms with Crippen LogP contribution >= 0.6 is 18.1 Å². The summed E-state index contributed by atoms with van der Waals surface area (Å²) in [5.41, 5.74) is 0.725. The highest BCUT2D eigenvalue weighted by atomic mass is 35.7. The number of amides is 1. The standard InChI is InChI=1S/C26H43ClN7O6PSi/c1-16(2)23(35)31-25-30-22-21(24(32-25)38-17(3)11-12-28)29-15-34(22)20-13-18(40-42(9,10)26(4,5)6)19(39-20)14-37-41(27,36)33(7)8/h15-20H,11,13-14H2,1-10H3,(H,30,31,32,35)/t17-,18+,19-,20-,41?/m1/s1. The Labute approximate surface area is 253 Å².